The number of rotatable bonds is 0. The molecular formula is C33H47N3. The highest BCUT2D eigenvalue weighted by molar-refractivity contribution is 5.60. The van der Waals surface area contributed by atoms with E-state index in [-0.39, 0.29) is 7.43 Å². The number of hydrogen-bond donors (Lipinski definition) is 0. The zero-order chi connectivity index (χ0) is 24.9. The number of benzene rings is 3. The first kappa shape index (κ1) is 28.0. The molecule has 36 heavy (non-hydrogen) atoms. The van der Waals surface area contributed by atoms with Gasteiger partial charge in [0.15, 0.2) is 0 Å². The van der Waals surface area contributed by atoms with E-state index in [1.54, 1.807) is 5.56 Å². The molecule has 0 unspecified atom stereocenters. The van der Waals surface area contributed by atoms with E-state index in [9.17, 15) is 0 Å². The molecule has 3 aromatic rings. The number of para-hydroxylation sites is 1. The van der Waals surface area contributed by atoms with E-state index in [2.05, 4.69) is 111 Å². The van der Waals surface area contributed by atoms with E-state index in [1.165, 1.54) is 77.0 Å². The highest BCUT2D eigenvalue weighted by Crippen LogP contribution is 2.29. The Morgan fingerprint density at radius 2 is 1.11 bits per heavy atom. The van der Waals surface area contributed by atoms with E-state index in [4.69, 9.17) is 0 Å². The molecule has 0 radical (unpaired) electrons. The van der Waals surface area contributed by atoms with Crippen molar-refractivity contribution in [1.82, 2.24) is 9.80 Å². The molecule has 0 bridgehead atoms. The Kier molecular flexibility index (Phi) is 9.76. The van der Waals surface area contributed by atoms with Gasteiger partial charge in [-0.25, -0.2) is 0 Å². The summed E-state index contributed by atoms with van der Waals surface area (Å²) in [6, 6.07) is 19.8. The van der Waals surface area contributed by atoms with Crippen molar-refractivity contribution in [2.24, 2.45) is 0 Å². The second-order valence-corrected chi connectivity index (χ2v) is 10.7. The van der Waals surface area contributed by atoms with Gasteiger partial charge in [0.05, 0.1) is 0 Å². The van der Waals surface area contributed by atoms with Crippen LogP contribution >= 0.6 is 0 Å². The minimum atomic E-state index is 0. The van der Waals surface area contributed by atoms with Crippen molar-refractivity contribution in [2.75, 3.05) is 39.1 Å². The van der Waals surface area contributed by atoms with Gasteiger partial charge in [-0.15, -0.1) is 0 Å². The van der Waals surface area contributed by atoms with Crippen LogP contribution in [0.1, 0.15) is 58.4 Å². The zero-order valence-electron chi connectivity index (χ0n) is 22.7. The van der Waals surface area contributed by atoms with Crippen LogP contribution in [-0.4, -0.2) is 44.0 Å². The SMILES string of the molecule is C.Cc1cccc2c1CCN(C)C2.Cc1cccc2c1CN(C)C2.Cc1cccc2c1N(C)CCC2. The van der Waals surface area contributed by atoms with Crippen LogP contribution in [0.2, 0.25) is 0 Å². The van der Waals surface area contributed by atoms with Crippen LogP contribution in [0.15, 0.2) is 54.6 Å². The normalized spacial score (nSPS) is 16.3. The van der Waals surface area contributed by atoms with Crippen LogP contribution < -0.4 is 4.90 Å². The topological polar surface area (TPSA) is 9.72 Å². The van der Waals surface area contributed by atoms with E-state index in [0.717, 1.165) is 19.6 Å². The predicted molar refractivity (Wildman–Crippen MR) is 157 cm³/mol. The molecule has 0 N–H and O–H groups in total. The van der Waals surface area contributed by atoms with Gasteiger partial charge in [0.25, 0.3) is 0 Å². The maximum Gasteiger partial charge on any atom is 0.0425 e. The molecule has 3 heterocycles. The monoisotopic (exact) mass is 485 g/mol. The number of hydrogen-bond acceptors (Lipinski definition) is 3. The lowest BCUT2D eigenvalue weighted by molar-refractivity contribution is 0.312. The van der Waals surface area contributed by atoms with Crippen molar-refractivity contribution < 1.29 is 0 Å². The standard InChI is InChI=1S/2C11H15N.C10H13N.CH4/c1-9-5-3-6-10-7-4-8-12(2)11(9)10;1-9-4-3-5-10-8-12(2)7-6-11(9)10;1-8-4-3-5-9-6-11(2)7-10(8)9;/h3,5-6H,4,7-8H2,1-2H3;3-5H,6-8H2,1-2H3;3-5H,6-7H2,1-2H3;1H4. The van der Waals surface area contributed by atoms with Gasteiger partial charge in [0, 0.05) is 45.5 Å². The molecule has 0 aromatic heterocycles. The van der Waals surface area contributed by atoms with Gasteiger partial charge in [0.1, 0.15) is 0 Å². The van der Waals surface area contributed by atoms with Gasteiger partial charge < -0.3 is 9.80 Å². The highest BCUT2D eigenvalue weighted by atomic mass is 15.1. The van der Waals surface area contributed by atoms with Crippen LogP contribution in [0.4, 0.5) is 5.69 Å². The van der Waals surface area contributed by atoms with E-state index in [1.807, 2.05) is 0 Å². The van der Waals surface area contributed by atoms with Gasteiger partial charge >= 0.3 is 0 Å². The number of aryl methyl sites for hydroxylation is 4. The number of nitrogens with zero attached hydrogens (tertiary/aromatic N) is 3. The van der Waals surface area contributed by atoms with Crippen LogP contribution in [0.3, 0.4) is 0 Å². The molecule has 194 valence electrons. The molecule has 3 aromatic carbocycles. The van der Waals surface area contributed by atoms with E-state index in [0.29, 0.717) is 0 Å². The summed E-state index contributed by atoms with van der Waals surface area (Å²) in [6.45, 7) is 12.4. The summed E-state index contributed by atoms with van der Waals surface area (Å²) >= 11 is 0. The quantitative estimate of drug-likeness (QED) is 0.342. The fourth-order valence-corrected chi connectivity index (χ4v) is 5.78. The molecule has 0 spiro atoms. The molecular weight excluding hydrogens is 438 g/mol. The Morgan fingerprint density at radius 1 is 0.556 bits per heavy atom. The fraction of sp³-hybridized carbons (Fsp3) is 0.455. The van der Waals surface area contributed by atoms with Crippen molar-refractivity contribution >= 4 is 5.69 Å². The average Bonchev–Trinajstić information content (AvgIpc) is 3.22. The Balaban J connectivity index is 0.000000149. The molecule has 0 saturated carbocycles. The molecule has 3 heteroatoms. The lowest BCUT2D eigenvalue weighted by atomic mass is 9.96. The minimum Gasteiger partial charge on any atom is -0.374 e. The van der Waals surface area contributed by atoms with Crippen LogP contribution in [0.25, 0.3) is 0 Å². The molecule has 0 amide bonds. The third kappa shape index (κ3) is 6.57. The third-order valence-corrected chi connectivity index (χ3v) is 7.71. The summed E-state index contributed by atoms with van der Waals surface area (Å²) in [5.74, 6) is 0. The fourth-order valence-electron chi connectivity index (χ4n) is 5.78. The lowest BCUT2D eigenvalue weighted by Gasteiger charge is -2.29. The van der Waals surface area contributed by atoms with Gasteiger partial charge in [-0.05, 0) is 98.6 Å². The maximum atomic E-state index is 2.38. The van der Waals surface area contributed by atoms with Crippen molar-refractivity contribution in [3.63, 3.8) is 0 Å². The molecule has 6 rings (SSSR count). The summed E-state index contributed by atoms with van der Waals surface area (Å²) in [5.41, 5.74) is 13.4. The summed E-state index contributed by atoms with van der Waals surface area (Å²) in [4.78, 5) is 7.09. The second-order valence-electron chi connectivity index (χ2n) is 10.7. The van der Waals surface area contributed by atoms with Gasteiger partial charge in [0.2, 0.25) is 0 Å². The summed E-state index contributed by atoms with van der Waals surface area (Å²) in [6.07, 6.45) is 3.77. The first-order valence-electron chi connectivity index (χ1n) is 13.1. The van der Waals surface area contributed by atoms with Crippen molar-refractivity contribution in [2.45, 2.75) is 67.1 Å². The Bertz CT molecular complexity index is 1150. The van der Waals surface area contributed by atoms with Crippen LogP contribution in [0, 0.1) is 20.8 Å². The maximum absolute atomic E-state index is 2.38. The molecule has 3 aliphatic heterocycles. The molecule has 0 aliphatic carbocycles. The molecule has 3 aliphatic rings. The van der Waals surface area contributed by atoms with Crippen molar-refractivity contribution in [1.29, 1.82) is 0 Å². The van der Waals surface area contributed by atoms with Crippen molar-refractivity contribution in [3.8, 4) is 0 Å². The average molecular weight is 486 g/mol. The van der Waals surface area contributed by atoms with E-state index < -0.39 is 0 Å². The highest BCUT2D eigenvalue weighted by Gasteiger charge is 2.16. The molecule has 0 atom stereocenters. The van der Waals surface area contributed by atoms with Gasteiger partial charge in [-0.2, -0.15) is 0 Å². The minimum absolute atomic E-state index is 0. The second kappa shape index (κ2) is 12.6. The van der Waals surface area contributed by atoms with Gasteiger partial charge in [-0.1, -0.05) is 62.0 Å². The smallest absolute Gasteiger partial charge is 0.0425 e. The number of anilines is 1. The summed E-state index contributed by atoms with van der Waals surface area (Å²) in [7, 11) is 6.54. The van der Waals surface area contributed by atoms with Crippen LogP contribution in [-0.2, 0) is 32.5 Å². The number of likely N-dealkylation sites (N-methyl/N-ethyl adjacent to an activating group) is 1. The first-order chi connectivity index (χ1) is 16.8. The molecule has 0 saturated heterocycles. The molecule has 3 nitrogen and oxygen atoms in total. The van der Waals surface area contributed by atoms with Crippen molar-refractivity contribution in [3.05, 3.63) is 99.1 Å². The third-order valence-electron chi connectivity index (χ3n) is 7.71. The van der Waals surface area contributed by atoms with E-state index >= 15 is 0 Å². The Hall–Kier alpha value is -2.62. The summed E-state index contributed by atoms with van der Waals surface area (Å²) in [5, 5.41) is 0. The summed E-state index contributed by atoms with van der Waals surface area (Å²) < 4.78 is 0. The lowest BCUT2D eigenvalue weighted by Crippen LogP contribution is -2.26. The van der Waals surface area contributed by atoms with Crippen LogP contribution in [0.5, 0.6) is 0 Å². The first-order valence-corrected chi connectivity index (χ1v) is 13.1. The number of fused-ring (bicyclic) bond motifs is 3. The Morgan fingerprint density at radius 3 is 1.75 bits per heavy atom. The zero-order valence-corrected chi connectivity index (χ0v) is 22.7. The largest absolute Gasteiger partial charge is 0.374 e. The predicted octanol–water partition coefficient (Wildman–Crippen LogP) is 6.94. The Labute approximate surface area is 220 Å². The molecule has 0 fully saturated rings. The van der Waals surface area contributed by atoms with Gasteiger partial charge in [-0.3, -0.25) is 4.90 Å².